The molecule has 2 fully saturated rings. The van der Waals surface area contributed by atoms with Gasteiger partial charge in [0.15, 0.2) is 5.79 Å². The van der Waals surface area contributed by atoms with E-state index in [2.05, 4.69) is 28.3 Å². The molecule has 0 radical (unpaired) electrons. The SMILES string of the molecule is Cc1ccc(Nc2cc(C(=O)N3CCC4(CC3)OCCO4)nc(C)n2)c(C)c1. The third kappa shape index (κ3) is 3.86. The first-order valence-electron chi connectivity index (χ1n) is 9.71. The van der Waals surface area contributed by atoms with Gasteiger partial charge in [0.2, 0.25) is 0 Å². The van der Waals surface area contributed by atoms with Crippen LogP contribution in [0, 0.1) is 20.8 Å². The predicted octanol–water partition coefficient (Wildman–Crippen LogP) is 3.12. The molecule has 3 heterocycles. The molecule has 7 nitrogen and oxygen atoms in total. The number of likely N-dealkylation sites (tertiary alicyclic amines) is 1. The molecule has 2 aromatic rings. The number of carbonyl (C=O) groups excluding carboxylic acids is 1. The number of ether oxygens (including phenoxy) is 2. The maximum atomic E-state index is 13.0. The highest BCUT2D eigenvalue weighted by atomic mass is 16.7. The molecule has 0 aliphatic carbocycles. The lowest BCUT2D eigenvalue weighted by Crippen LogP contribution is -2.47. The number of aromatic nitrogens is 2. The Hall–Kier alpha value is -2.51. The minimum Gasteiger partial charge on any atom is -0.347 e. The minimum atomic E-state index is -0.492. The number of nitrogens with one attached hydrogen (secondary N) is 1. The monoisotopic (exact) mass is 382 g/mol. The molecule has 2 aliphatic rings. The van der Waals surface area contributed by atoms with Crippen LogP contribution in [0.5, 0.6) is 0 Å². The maximum Gasteiger partial charge on any atom is 0.272 e. The van der Waals surface area contributed by atoms with Crippen molar-refractivity contribution in [1.82, 2.24) is 14.9 Å². The Morgan fingerprint density at radius 3 is 2.46 bits per heavy atom. The van der Waals surface area contributed by atoms with Gasteiger partial charge >= 0.3 is 0 Å². The largest absolute Gasteiger partial charge is 0.347 e. The standard InChI is InChI=1S/C21H26N4O3/c1-14-4-5-17(15(2)12-14)24-19-13-18(22-16(3)23-19)20(26)25-8-6-21(7-9-25)27-10-11-28-21/h4-5,12-13H,6-11H2,1-3H3,(H,22,23,24). The molecule has 2 aliphatic heterocycles. The van der Waals surface area contributed by atoms with Gasteiger partial charge in [-0.1, -0.05) is 17.7 Å². The van der Waals surface area contributed by atoms with Crippen LogP contribution in [-0.2, 0) is 9.47 Å². The summed E-state index contributed by atoms with van der Waals surface area (Å²) < 4.78 is 11.5. The van der Waals surface area contributed by atoms with Crippen molar-refractivity contribution < 1.29 is 14.3 Å². The molecule has 1 aromatic carbocycles. The summed E-state index contributed by atoms with van der Waals surface area (Å²) in [6.45, 7) is 8.37. The van der Waals surface area contributed by atoms with Crippen molar-refractivity contribution in [1.29, 1.82) is 0 Å². The molecule has 7 heteroatoms. The molecule has 1 N–H and O–H groups in total. The number of aryl methyl sites for hydroxylation is 3. The van der Waals surface area contributed by atoms with E-state index in [1.807, 2.05) is 24.0 Å². The number of nitrogens with zero attached hydrogens (tertiary/aromatic N) is 3. The smallest absolute Gasteiger partial charge is 0.272 e. The van der Waals surface area contributed by atoms with Crippen molar-refractivity contribution >= 4 is 17.4 Å². The lowest BCUT2D eigenvalue weighted by Gasteiger charge is -2.37. The van der Waals surface area contributed by atoms with Crippen LogP contribution in [0.1, 0.15) is 40.3 Å². The maximum absolute atomic E-state index is 13.0. The average molecular weight is 382 g/mol. The summed E-state index contributed by atoms with van der Waals surface area (Å²) in [4.78, 5) is 23.6. The van der Waals surface area contributed by atoms with Crippen LogP contribution >= 0.6 is 0 Å². The van der Waals surface area contributed by atoms with Crippen LogP contribution in [0.3, 0.4) is 0 Å². The Labute approximate surface area is 165 Å². The van der Waals surface area contributed by atoms with Crippen LogP contribution in [0.4, 0.5) is 11.5 Å². The number of benzene rings is 1. The molecular weight excluding hydrogens is 356 g/mol. The van der Waals surface area contributed by atoms with Gasteiger partial charge in [0.25, 0.3) is 5.91 Å². The molecule has 0 atom stereocenters. The average Bonchev–Trinajstić information content (AvgIpc) is 3.12. The van der Waals surface area contributed by atoms with Crippen molar-refractivity contribution in [2.24, 2.45) is 0 Å². The van der Waals surface area contributed by atoms with Crippen molar-refractivity contribution in [3.05, 3.63) is 46.9 Å². The Balaban J connectivity index is 1.49. The summed E-state index contributed by atoms with van der Waals surface area (Å²) >= 11 is 0. The first-order chi connectivity index (χ1) is 13.4. The van der Waals surface area contributed by atoms with Crippen LogP contribution in [0.15, 0.2) is 24.3 Å². The number of carbonyl (C=O) groups is 1. The minimum absolute atomic E-state index is 0.0815. The van der Waals surface area contributed by atoms with E-state index in [-0.39, 0.29) is 5.91 Å². The molecular formula is C21H26N4O3. The van der Waals surface area contributed by atoms with Gasteiger partial charge in [-0.3, -0.25) is 4.79 Å². The van der Waals surface area contributed by atoms with Crippen molar-refractivity contribution in [2.75, 3.05) is 31.6 Å². The third-order valence-electron chi connectivity index (χ3n) is 5.33. The van der Waals surface area contributed by atoms with Gasteiger partial charge in [0.05, 0.1) is 13.2 Å². The fourth-order valence-corrected chi connectivity index (χ4v) is 3.83. The topological polar surface area (TPSA) is 76.6 Å². The summed E-state index contributed by atoms with van der Waals surface area (Å²) in [5, 5.41) is 3.32. The molecule has 28 heavy (non-hydrogen) atoms. The highest BCUT2D eigenvalue weighted by molar-refractivity contribution is 5.93. The summed E-state index contributed by atoms with van der Waals surface area (Å²) in [6, 6.07) is 7.90. The lowest BCUT2D eigenvalue weighted by molar-refractivity contribution is -0.181. The van der Waals surface area contributed by atoms with Crippen molar-refractivity contribution in [3.63, 3.8) is 0 Å². The second kappa shape index (κ2) is 7.48. The third-order valence-corrected chi connectivity index (χ3v) is 5.33. The summed E-state index contributed by atoms with van der Waals surface area (Å²) in [5.41, 5.74) is 3.71. The number of hydrogen-bond donors (Lipinski definition) is 1. The molecule has 1 amide bonds. The zero-order valence-corrected chi connectivity index (χ0v) is 16.6. The first kappa shape index (κ1) is 18.8. The van der Waals surface area contributed by atoms with E-state index in [4.69, 9.17) is 9.47 Å². The van der Waals surface area contributed by atoms with E-state index >= 15 is 0 Å². The van der Waals surface area contributed by atoms with Gasteiger partial charge in [0, 0.05) is 37.7 Å². The number of anilines is 2. The van der Waals surface area contributed by atoms with E-state index in [1.54, 1.807) is 13.0 Å². The molecule has 2 saturated heterocycles. The molecule has 0 saturated carbocycles. The normalized spacial score (nSPS) is 18.5. The second-order valence-corrected chi connectivity index (χ2v) is 7.53. The van der Waals surface area contributed by atoms with Gasteiger partial charge < -0.3 is 19.7 Å². The van der Waals surface area contributed by atoms with Gasteiger partial charge in [-0.25, -0.2) is 9.97 Å². The summed E-state index contributed by atoms with van der Waals surface area (Å²) in [6.07, 6.45) is 1.38. The molecule has 0 unspecified atom stereocenters. The number of amides is 1. The van der Waals surface area contributed by atoms with Crippen LogP contribution < -0.4 is 5.32 Å². The van der Waals surface area contributed by atoms with E-state index < -0.39 is 5.79 Å². The molecule has 148 valence electrons. The van der Waals surface area contributed by atoms with Gasteiger partial charge in [-0.05, 0) is 32.4 Å². The number of hydrogen-bond acceptors (Lipinski definition) is 6. The molecule has 1 spiro atoms. The summed E-state index contributed by atoms with van der Waals surface area (Å²) in [7, 11) is 0. The highest BCUT2D eigenvalue weighted by Gasteiger charge is 2.41. The highest BCUT2D eigenvalue weighted by Crippen LogP contribution is 2.31. The molecule has 4 rings (SSSR count). The Kier molecular flexibility index (Phi) is 5.03. The Morgan fingerprint density at radius 2 is 1.79 bits per heavy atom. The van der Waals surface area contributed by atoms with Crippen LogP contribution in [0.25, 0.3) is 0 Å². The van der Waals surface area contributed by atoms with E-state index in [0.717, 1.165) is 11.3 Å². The molecule has 0 bridgehead atoms. The predicted molar refractivity (Wildman–Crippen MR) is 106 cm³/mol. The zero-order chi connectivity index (χ0) is 19.7. The summed E-state index contributed by atoms with van der Waals surface area (Å²) in [5.74, 6) is 0.614. The van der Waals surface area contributed by atoms with E-state index in [9.17, 15) is 4.79 Å². The lowest BCUT2D eigenvalue weighted by atomic mass is 10.0. The Bertz CT molecular complexity index is 883. The van der Waals surface area contributed by atoms with Crippen LogP contribution in [0.2, 0.25) is 0 Å². The Morgan fingerprint density at radius 1 is 1.07 bits per heavy atom. The second-order valence-electron chi connectivity index (χ2n) is 7.53. The first-order valence-corrected chi connectivity index (χ1v) is 9.71. The van der Waals surface area contributed by atoms with Gasteiger partial charge in [-0.2, -0.15) is 0 Å². The number of piperidine rings is 1. The van der Waals surface area contributed by atoms with E-state index in [0.29, 0.717) is 56.5 Å². The van der Waals surface area contributed by atoms with E-state index in [1.165, 1.54) is 5.56 Å². The number of rotatable bonds is 3. The molecule has 1 aromatic heterocycles. The van der Waals surface area contributed by atoms with Gasteiger partial charge in [-0.15, -0.1) is 0 Å². The fourth-order valence-electron chi connectivity index (χ4n) is 3.83. The van der Waals surface area contributed by atoms with Crippen molar-refractivity contribution in [3.8, 4) is 0 Å². The fraction of sp³-hybridized carbons (Fsp3) is 0.476. The zero-order valence-electron chi connectivity index (χ0n) is 16.6. The van der Waals surface area contributed by atoms with Crippen molar-refractivity contribution in [2.45, 2.75) is 39.4 Å². The van der Waals surface area contributed by atoms with Gasteiger partial charge in [0.1, 0.15) is 17.3 Å². The van der Waals surface area contributed by atoms with Crippen LogP contribution in [-0.4, -0.2) is 52.9 Å². The quantitative estimate of drug-likeness (QED) is 0.879.